The first-order valence-electron chi connectivity index (χ1n) is 9.51. The third-order valence-electron chi connectivity index (χ3n) is 6.60. The van der Waals surface area contributed by atoms with Crippen molar-refractivity contribution in [3.63, 3.8) is 0 Å². The highest BCUT2D eigenvalue weighted by Gasteiger charge is 2.53. The number of hydrogen-bond acceptors (Lipinski definition) is 4. The molecule has 0 spiro atoms. The predicted molar refractivity (Wildman–Crippen MR) is 103 cm³/mol. The summed E-state index contributed by atoms with van der Waals surface area (Å²) in [5, 5.41) is 12.4. The van der Waals surface area contributed by atoms with Crippen LogP contribution in [0.2, 0.25) is 0 Å². The molecule has 0 radical (unpaired) electrons. The molecule has 4 saturated carbocycles. The zero-order valence-electron chi connectivity index (χ0n) is 15.0. The van der Waals surface area contributed by atoms with Crippen LogP contribution in [0.25, 0.3) is 0 Å². The van der Waals surface area contributed by atoms with Gasteiger partial charge in [0.05, 0.1) is 13.3 Å². The monoisotopic (exact) mass is 368 g/mol. The van der Waals surface area contributed by atoms with Gasteiger partial charge in [0.1, 0.15) is 5.75 Å². The Bertz CT molecular complexity index is 860. The molecule has 1 N–H and O–H groups in total. The molecule has 4 fully saturated rings. The summed E-state index contributed by atoms with van der Waals surface area (Å²) in [5.74, 6) is 4.49. The van der Waals surface area contributed by atoms with Crippen LogP contribution in [-0.2, 0) is 5.41 Å². The first-order valence-corrected chi connectivity index (χ1v) is 9.92. The summed E-state index contributed by atoms with van der Waals surface area (Å²) in [6.07, 6.45) is 9.84. The van der Waals surface area contributed by atoms with Gasteiger partial charge in [-0.25, -0.2) is 0 Å². The van der Waals surface area contributed by atoms with Crippen LogP contribution in [0, 0.1) is 22.5 Å². The second-order valence-electron chi connectivity index (χ2n) is 8.38. The Morgan fingerprint density at radius 1 is 1.15 bits per heavy atom. The van der Waals surface area contributed by atoms with Crippen LogP contribution >= 0.6 is 12.2 Å². The lowest BCUT2D eigenvalue weighted by atomic mass is 9.49. The Labute approximate surface area is 158 Å². The largest absolute Gasteiger partial charge is 0.497 e. The van der Waals surface area contributed by atoms with Gasteiger partial charge in [0.15, 0.2) is 5.82 Å². The fourth-order valence-corrected chi connectivity index (χ4v) is 6.12. The van der Waals surface area contributed by atoms with Gasteiger partial charge >= 0.3 is 0 Å². The zero-order valence-corrected chi connectivity index (χ0v) is 15.8. The molecule has 4 aliphatic carbocycles. The van der Waals surface area contributed by atoms with Gasteiger partial charge in [-0.3, -0.25) is 5.10 Å². The van der Waals surface area contributed by atoms with E-state index in [4.69, 9.17) is 22.1 Å². The highest BCUT2D eigenvalue weighted by molar-refractivity contribution is 7.71. The van der Waals surface area contributed by atoms with Crippen LogP contribution in [0.1, 0.15) is 49.9 Å². The number of nitrogens with zero attached hydrogens (tertiary/aromatic N) is 3. The van der Waals surface area contributed by atoms with E-state index in [2.05, 4.69) is 10.2 Å². The van der Waals surface area contributed by atoms with Gasteiger partial charge in [0.2, 0.25) is 4.77 Å². The lowest BCUT2D eigenvalue weighted by Crippen LogP contribution is -2.49. The molecule has 4 aliphatic rings. The molecule has 5 nitrogen and oxygen atoms in total. The van der Waals surface area contributed by atoms with E-state index in [1.807, 2.05) is 35.2 Å². The second kappa shape index (κ2) is 6.05. The number of aromatic amines is 1. The first-order chi connectivity index (χ1) is 12.6. The van der Waals surface area contributed by atoms with Crippen LogP contribution in [0.15, 0.2) is 29.4 Å². The van der Waals surface area contributed by atoms with Gasteiger partial charge < -0.3 is 4.74 Å². The molecule has 1 aromatic heterocycles. The topological polar surface area (TPSA) is 55.2 Å². The first kappa shape index (κ1) is 16.2. The lowest BCUT2D eigenvalue weighted by Gasteiger charge is -2.55. The average Bonchev–Trinajstić information content (AvgIpc) is 3.01. The molecule has 1 heterocycles. The minimum Gasteiger partial charge on any atom is -0.497 e. The lowest BCUT2D eigenvalue weighted by molar-refractivity contribution is -0.0109. The standard InChI is InChI=1S/C20H24N4OS/c1-25-17-4-2-13(3-5-17)12-21-24-18(22-23-19(24)26)20-9-14-6-15(10-20)8-16(7-14)11-20/h2-5,12,14-16H,6-11H2,1H3,(H,23,26)/b21-12+. The van der Waals surface area contributed by atoms with Gasteiger partial charge in [-0.15, -0.1) is 0 Å². The fourth-order valence-electron chi connectivity index (χ4n) is 5.94. The number of hydrogen-bond donors (Lipinski definition) is 1. The van der Waals surface area contributed by atoms with Crippen LogP contribution in [0.3, 0.4) is 0 Å². The Balaban J connectivity index is 1.48. The van der Waals surface area contributed by atoms with E-state index >= 15 is 0 Å². The van der Waals surface area contributed by atoms with Crippen LogP contribution in [0.4, 0.5) is 0 Å². The molecular weight excluding hydrogens is 344 g/mol. The number of H-pyrrole nitrogens is 1. The molecule has 26 heavy (non-hydrogen) atoms. The van der Waals surface area contributed by atoms with E-state index in [0.717, 1.165) is 34.9 Å². The van der Waals surface area contributed by atoms with E-state index in [1.54, 1.807) is 7.11 Å². The third-order valence-corrected chi connectivity index (χ3v) is 6.87. The molecule has 0 aliphatic heterocycles. The van der Waals surface area contributed by atoms with Crippen LogP contribution < -0.4 is 4.74 Å². The number of methoxy groups -OCH3 is 1. The minimum atomic E-state index is 0.166. The van der Waals surface area contributed by atoms with Crippen molar-refractivity contribution in [2.24, 2.45) is 22.9 Å². The summed E-state index contributed by atoms with van der Waals surface area (Å²) >= 11 is 5.49. The third kappa shape index (κ3) is 2.62. The SMILES string of the molecule is COc1ccc(/C=N/n2c(C34CC5CC(CC(C5)C3)C4)n[nH]c2=S)cc1. The van der Waals surface area contributed by atoms with Crippen molar-refractivity contribution in [1.29, 1.82) is 0 Å². The summed E-state index contributed by atoms with van der Waals surface area (Å²) in [4.78, 5) is 0. The average molecular weight is 369 g/mol. The maximum absolute atomic E-state index is 5.49. The van der Waals surface area contributed by atoms with Gasteiger partial charge in [-0.2, -0.15) is 14.9 Å². The smallest absolute Gasteiger partial charge is 0.216 e. The highest BCUT2D eigenvalue weighted by Crippen LogP contribution is 2.60. The molecule has 4 bridgehead atoms. The van der Waals surface area contributed by atoms with Crippen molar-refractivity contribution in [3.05, 3.63) is 40.4 Å². The van der Waals surface area contributed by atoms with Crippen molar-refractivity contribution in [1.82, 2.24) is 14.9 Å². The molecule has 1 aromatic carbocycles. The summed E-state index contributed by atoms with van der Waals surface area (Å²) in [6.45, 7) is 0. The van der Waals surface area contributed by atoms with Gasteiger partial charge in [-0.05, 0) is 98.3 Å². The summed E-state index contributed by atoms with van der Waals surface area (Å²) in [6, 6.07) is 7.87. The summed E-state index contributed by atoms with van der Waals surface area (Å²) in [7, 11) is 1.67. The fraction of sp³-hybridized carbons (Fsp3) is 0.550. The normalized spacial score (nSPS) is 32.4. The molecular formula is C20H24N4OS. The van der Waals surface area contributed by atoms with Crippen molar-refractivity contribution in [3.8, 4) is 5.75 Å². The van der Waals surface area contributed by atoms with Crippen molar-refractivity contribution >= 4 is 18.4 Å². The number of benzene rings is 1. The Hall–Kier alpha value is -1.95. The van der Waals surface area contributed by atoms with Crippen LogP contribution in [-0.4, -0.2) is 28.2 Å². The number of aromatic nitrogens is 3. The Kier molecular flexibility index (Phi) is 3.78. The van der Waals surface area contributed by atoms with Gasteiger partial charge in [0, 0.05) is 5.41 Å². The van der Waals surface area contributed by atoms with Crippen LogP contribution in [0.5, 0.6) is 5.75 Å². The Morgan fingerprint density at radius 3 is 2.35 bits per heavy atom. The molecule has 0 amide bonds. The molecule has 6 rings (SSSR count). The van der Waals surface area contributed by atoms with Crippen molar-refractivity contribution in [2.45, 2.75) is 43.9 Å². The molecule has 0 unspecified atom stereocenters. The number of nitrogens with one attached hydrogen (secondary N) is 1. The maximum atomic E-state index is 5.49. The molecule has 0 saturated heterocycles. The molecule has 136 valence electrons. The van der Waals surface area contributed by atoms with E-state index in [0.29, 0.717) is 4.77 Å². The summed E-state index contributed by atoms with van der Waals surface area (Å²) in [5.41, 5.74) is 1.19. The molecule has 2 aromatic rings. The maximum Gasteiger partial charge on any atom is 0.216 e. The number of ether oxygens (including phenoxy) is 1. The van der Waals surface area contributed by atoms with E-state index < -0.39 is 0 Å². The predicted octanol–water partition coefficient (Wildman–Crippen LogP) is 4.30. The van der Waals surface area contributed by atoms with Gasteiger partial charge in [-0.1, -0.05) is 0 Å². The summed E-state index contributed by atoms with van der Waals surface area (Å²) < 4.78 is 7.67. The van der Waals surface area contributed by atoms with E-state index in [-0.39, 0.29) is 5.41 Å². The van der Waals surface area contributed by atoms with Crippen molar-refractivity contribution < 1.29 is 4.74 Å². The van der Waals surface area contributed by atoms with Gasteiger partial charge in [0.25, 0.3) is 0 Å². The molecule has 0 atom stereocenters. The minimum absolute atomic E-state index is 0.166. The quantitative estimate of drug-likeness (QED) is 0.647. The number of rotatable bonds is 4. The highest BCUT2D eigenvalue weighted by atomic mass is 32.1. The van der Waals surface area contributed by atoms with Crippen molar-refractivity contribution in [2.75, 3.05) is 7.11 Å². The molecule has 6 heteroatoms. The zero-order chi connectivity index (χ0) is 17.7. The second-order valence-corrected chi connectivity index (χ2v) is 8.77. The Morgan fingerprint density at radius 2 is 1.77 bits per heavy atom. The van der Waals surface area contributed by atoms with E-state index in [9.17, 15) is 0 Å². The van der Waals surface area contributed by atoms with E-state index in [1.165, 1.54) is 38.5 Å².